The second kappa shape index (κ2) is 3.35. The van der Waals surface area contributed by atoms with Gasteiger partial charge in [-0.2, -0.15) is 0 Å². The summed E-state index contributed by atoms with van der Waals surface area (Å²) >= 11 is 0. The first-order valence-corrected chi connectivity index (χ1v) is 4.11. The predicted octanol–water partition coefficient (Wildman–Crippen LogP) is 1.15. The third kappa shape index (κ3) is 1.50. The molecule has 1 rings (SSSR count). The van der Waals surface area contributed by atoms with Crippen LogP contribution in [0.4, 0.5) is 0 Å². The van der Waals surface area contributed by atoms with Crippen LogP contribution in [-0.4, -0.2) is 19.8 Å². The summed E-state index contributed by atoms with van der Waals surface area (Å²) in [6, 6.07) is 0. The molecule has 0 radical (unpaired) electrons. The average molecular weight is 143 g/mol. The van der Waals surface area contributed by atoms with E-state index in [9.17, 15) is 0 Å². The Morgan fingerprint density at radius 2 is 2.20 bits per heavy atom. The van der Waals surface area contributed by atoms with Crippen LogP contribution in [0.2, 0.25) is 0 Å². The smallest absolute Gasteiger partial charge is 0.0534 e. The number of hydrogen-bond donors (Lipinski definition) is 1. The summed E-state index contributed by atoms with van der Waals surface area (Å²) in [5.41, 5.74) is 6.00. The van der Waals surface area contributed by atoms with Gasteiger partial charge in [-0.15, -0.1) is 0 Å². The SMILES string of the molecule is CCOCC1(CN)CCC1. The van der Waals surface area contributed by atoms with Crippen molar-refractivity contribution in [1.29, 1.82) is 0 Å². The maximum atomic E-state index is 5.63. The van der Waals surface area contributed by atoms with E-state index in [1.54, 1.807) is 0 Å². The molecule has 1 fully saturated rings. The minimum atomic E-state index is 0.371. The molecule has 2 nitrogen and oxygen atoms in total. The van der Waals surface area contributed by atoms with Gasteiger partial charge in [0.15, 0.2) is 0 Å². The zero-order valence-corrected chi connectivity index (χ0v) is 6.73. The Kier molecular flexibility index (Phi) is 2.69. The third-order valence-corrected chi connectivity index (χ3v) is 2.46. The molecular formula is C8H17NO. The summed E-state index contributed by atoms with van der Waals surface area (Å²) < 4.78 is 5.35. The van der Waals surface area contributed by atoms with Crippen LogP contribution in [0.25, 0.3) is 0 Å². The van der Waals surface area contributed by atoms with Gasteiger partial charge in [-0.05, 0) is 19.8 Å². The van der Waals surface area contributed by atoms with Gasteiger partial charge in [0, 0.05) is 18.6 Å². The quantitative estimate of drug-likeness (QED) is 0.640. The van der Waals surface area contributed by atoms with Gasteiger partial charge < -0.3 is 10.5 Å². The minimum absolute atomic E-state index is 0.371. The lowest BCUT2D eigenvalue weighted by atomic mass is 9.69. The van der Waals surface area contributed by atoms with E-state index in [-0.39, 0.29) is 0 Å². The Hall–Kier alpha value is -0.0800. The van der Waals surface area contributed by atoms with Gasteiger partial charge >= 0.3 is 0 Å². The lowest BCUT2D eigenvalue weighted by Gasteiger charge is -2.40. The molecule has 0 bridgehead atoms. The Balaban J connectivity index is 2.20. The van der Waals surface area contributed by atoms with Gasteiger partial charge in [0.1, 0.15) is 0 Å². The molecule has 0 amide bonds. The summed E-state index contributed by atoms with van der Waals surface area (Å²) in [7, 11) is 0. The Labute approximate surface area is 62.7 Å². The predicted molar refractivity (Wildman–Crippen MR) is 41.8 cm³/mol. The van der Waals surface area contributed by atoms with Crippen molar-refractivity contribution in [2.24, 2.45) is 11.1 Å². The largest absolute Gasteiger partial charge is 0.381 e. The lowest BCUT2D eigenvalue weighted by molar-refractivity contribution is 0.00513. The molecule has 1 aliphatic carbocycles. The van der Waals surface area contributed by atoms with Crippen molar-refractivity contribution in [1.82, 2.24) is 0 Å². The molecule has 0 saturated heterocycles. The molecule has 10 heavy (non-hydrogen) atoms. The van der Waals surface area contributed by atoms with E-state index in [4.69, 9.17) is 10.5 Å². The first kappa shape index (κ1) is 8.02. The molecule has 0 aliphatic heterocycles. The van der Waals surface area contributed by atoms with E-state index < -0.39 is 0 Å². The first-order valence-electron chi connectivity index (χ1n) is 4.11. The average Bonchev–Trinajstić information content (AvgIpc) is 1.87. The fourth-order valence-electron chi connectivity index (χ4n) is 1.40. The minimum Gasteiger partial charge on any atom is -0.381 e. The van der Waals surface area contributed by atoms with Crippen LogP contribution >= 0.6 is 0 Å². The van der Waals surface area contributed by atoms with Crippen LogP contribution in [0.3, 0.4) is 0 Å². The summed E-state index contributed by atoms with van der Waals surface area (Å²) in [6.07, 6.45) is 3.87. The summed E-state index contributed by atoms with van der Waals surface area (Å²) in [6.45, 7) is 4.53. The second-order valence-corrected chi connectivity index (χ2v) is 3.19. The molecule has 0 heterocycles. The molecule has 2 heteroatoms. The van der Waals surface area contributed by atoms with Crippen molar-refractivity contribution < 1.29 is 4.74 Å². The molecule has 60 valence electrons. The van der Waals surface area contributed by atoms with Crippen molar-refractivity contribution in [3.63, 3.8) is 0 Å². The van der Waals surface area contributed by atoms with E-state index in [2.05, 4.69) is 0 Å². The van der Waals surface area contributed by atoms with E-state index in [0.29, 0.717) is 5.41 Å². The standard InChI is InChI=1S/C8H17NO/c1-2-10-7-8(6-9)4-3-5-8/h2-7,9H2,1H3. The van der Waals surface area contributed by atoms with Gasteiger partial charge in [-0.3, -0.25) is 0 Å². The van der Waals surface area contributed by atoms with Gasteiger partial charge in [0.25, 0.3) is 0 Å². The highest BCUT2D eigenvalue weighted by Crippen LogP contribution is 2.39. The highest BCUT2D eigenvalue weighted by atomic mass is 16.5. The molecule has 0 aromatic carbocycles. The molecule has 0 spiro atoms. The van der Waals surface area contributed by atoms with Gasteiger partial charge in [0.2, 0.25) is 0 Å². The van der Waals surface area contributed by atoms with Crippen molar-refractivity contribution in [2.45, 2.75) is 26.2 Å². The molecule has 0 aromatic heterocycles. The maximum Gasteiger partial charge on any atom is 0.0534 e. The maximum absolute atomic E-state index is 5.63. The lowest BCUT2D eigenvalue weighted by Crippen LogP contribution is -2.41. The second-order valence-electron chi connectivity index (χ2n) is 3.19. The van der Waals surface area contributed by atoms with Crippen LogP contribution in [0.15, 0.2) is 0 Å². The van der Waals surface area contributed by atoms with E-state index in [0.717, 1.165) is 19.8 Å². The third-order valence-electron chi connectivity index (χ3n) is 2.46. The van der Waals surface area contributed by atoms with Crippen molar-refractivity contribution >= 4 is 0 Å². The summed E-state index contributed by atoms with van der Waals surface area (Å²) in [5, 5.41) is 0. The van der Waals surface area contributed by atoms with Crippen LogP contribution < -0.4 is 5.73 Å². The Morgan fingerprint density at radius 3 is 2.50 bits per heavy atom. The number of ether oxygens (including phenoxy) is 1. The topological polar surface area (TPSA) is 35.2 Å². The zero-order valence-electron chi connectivity index (χ0n) is 6.73. The normalized spacial score (nSPS) is 22.2. The molecule has 1 saturated carbocycles. The highest BCUT2D eigenvalue weighted by Gasteiger charge is 2.35. The van der Waals surface area contributed by atoms with Crippen LogP contribution in [0.5, 0.6) is 0 Å². The molecule has 0 atom stereocenters. The molecule has 2 N–H and O–H groups in total. The van der Waals surface area contributed by atoms with E-state index >= 15 is 0 Å². The Morgan fingerprint density at radius 1 is 1.50 bits per heavy atom. The molecule has 0 aromatic rings. The molecule has 1 aliphatic rings. The van der Waals surface area contributed by atoms with E-state index in [1.165, 1.54) is 19.3 Å². The van der Waals surface area contributed by atoms with Crippen LogP contribution in [-0.2, 0) is 4.74 Å². The number of hydrogen-bond acceptors (Lipinski definition) is 2. The van der Waals surface area contributed by atoms with Crippen molar-refractivity contribution in [2.75, 3.05) is 19.8 Å². The highest BCUT2D eigenvalue weighted by molar-refractivity contribution is 4.88. The van der Waals surface area contributed by atoms with Crippen LogP contribution in [0.1, 0.15) is 26.2 Å². The zero-order chi connectivity index (χ0) is 7.45. The van der Waals surface area contributed by atoms with Crippen molar-refractivity contribution in [3.05, 3.63) is 0 Å². The fourth-order valence-corrected chi connectivity index (χ4v) is 1.40. The van der Waals surface area contributed by atoms with Gasteiger partial charge in [-0.25, -0.2) is 0 Å². The molecular weight excluding hydrogens is 126 g/mol. The summed E-state index contributed by atoms with van der Waals surface area (Å²) in [4.78, 5) is 0. The van der Waals surface area contributed by atoms with Crippen LogP contribution in [0, 0.1) is 5.41 Å². The van der Waals surface area contributed by atoms with Crippen molar-refractivity contribution in [3.8, 4) is 0 Å². The Bertz CT molecular complexity index is 93.9. The fraction of sp³-hybridized carbons (Fsp3) is 1.00. The number of rotatable bonds is 4. The number of nitrogens with two attached hydrogens (primary N) is 1. The van der Waals surface area contributed by atoms with Gasteiger partial charge in [0.05, 0.1) is 6.61 Å². The monoisotopic (exact) mass is 143 g/mol. The first-order chi connectivity index (χ1) is 4.83. The van der Waals surface area contributed by atoms with E-state index in [1.807, 2.05) is 6.92 Å². The van der Waals surface area contributed by atoms with Gasteiger partial charge in [-0.1, -0.05) is 6.42 Å². The molecule has 0 unspecified atom stereocenters. The summed E-state index contributed by atoms with van der Waals surface area (Å²) in [5.74, 6) is 0.